The van der Waals surface area contributed by atoms with Gasteiger partial charge in [0.2, 0.25) is 11.8 Å². The first kappa shape index (κ1) is 23.1. The Morgan fingerprint density at radius 3 is 2.61 bits per heavy atom. The van der Waals surface area contributed by atoms with Crippen LogP contribution in [0.15, 0.2) is 52.3 Å². The molecule has 0 saturated heterocycles. The molecule has 0 spiro atoms. The lowest BCUT2D eigenvalue weighted by molar-refractivity contribution is -0.137. The monoisotopic (exact) mass is 472 g/mol. The Hall–Kier alpha value is -2.53. The number of carbonyl (C=O) groups excluding carboxylic acids is 2. The maximum atomic E-state index is 12.8. The van der Waals surface area contributed by atoms with Crippen LogP contribution in [0.25, 0.3) is 0 Å². The van der Waals surface area contributed by atoms with Crippen LogP contribution >= 0.6 is 11.8 Å². The Balaban J connectivity index is 1.66. The van der Waals surface area contributed by atoms with Gasteiger partial charge in [-0.15, -0.1) is 11.8 Å². The fraction of sp³-hybridized carbons (Fsp3) is 0.300. The Morgan fingerprint density at radius 2 is 1.94 bits per heavy atom. The number of benzene rings is 2. The zero-order chi connectivity index (χ0) is 22.8. The van der Waals surface area contributed by atoms with Gasteiger partial charge in [-0.05, 0) is 42.8 Å². The molecule has 1 aliphatic rings. The highest BCUT2D eigenvalue weighted by Gasteiger charge is 2.30. The summed E-state index contributed by atoms with van der Waals surface area (Å²) in [5.74, 6) is -1.46. The second kappa shape index (κ2) is 8.91. The molecular weight excluding hydrogens is 453 g/mol. The Bertz CT molecular complexity index is 1120. The van der Waals surface area contributed by atoms with Crippen LogP contribution in [0.4, 0.5) is 24.5 Å². The fourth-order valence-electron chi connectivity index (χ4n) is 2.93. The van der Waals surface area contributed by atoms with Crippen molar-refractivity contribution in [2.24, 2.45) is 0 Å². The number of anilines is 2. The molecule has 0 bridgehead atoms. The third kappa shape index (κ3) is 5.59. The number of hydrogen-bond donors (Lipinski definition) is 2. The highest BCUT2D eigenvalue weighted by atomic mass is 32.2. The first-order valence-corrected chi connectivity index (χ1v) is 11.8. The van der Waals surface area contributed by atoms with Crippen molar-refractivity contribution in [3.8, 4) is 0 Å². The van der Waals surface area contributed by atoms with E-state index in [1.54, 1.807) is 6.07 Å². The van der Waals surface area contributed by atoms with Crippen molar-refractivity contribution in [2.45, 2.75) is 41.0 Å². The molecule has 0 fully saturated rings. The Kier molecular flexibility index (Phi) is 6.65. The van der Waals surface area contributed by atoms with Crippen LogP contribution in [0.1, 0.15) is 25.3 Å². The van der Waals surface area contributed by atoms with Crippen molar-refractivity contribution >= 4 is 44.8 Å². The second-order valence-corrected chi connectivity index (χ2v) is 10.2. The normalized spacial score (nSPS) is 16.4. The van der Waals surface area contributed by atoms with Crippen LogP contribution in [0.2, 0.25) is 0 Å². The smallest absolute Gasteiger partial charge is 0.326 e. The van der Waals surface area contributed by atoms with Gasteiger partial charge in [0.1, 0.15) is 0 Å². The molecule has 2 aromatic rings. The number of thioether (sulfide) groups is 1. The van der Waals surface area contributed by atoms with Gasteiger partial charge in [0.25, 0.3) is 0 Å². The number of alkyl halides is 3. The summed E-state index contributed by atoms with van der Waals surface area (Å²) in [5.41, 5.74) is -0.595. The lowest BCUT2D eigenvalue weighted by Crippen LogP contribution is -2.28. The van der Waals surface area contributed by atoms with Crippen molar-refractivity contribution < 1.29 is 31.2 Å². The molecule has 1 heterocycles. The summed E-state index contributed by atoms with van der Waals surface area (Å²) in [7, 11) is -3.85. The number of hydrogen-bond acceptors (Lipinski definition) is 5. The summed E-state index contributed by atoms with van der Waals surface area (Å²) in [6.07, 6.45) is -4.35. The average Bonchev–Trinajstić information content (AvgIpc) is 2.71. The standard InChI is InChI=1S/C20H19F3N2O4S2/c1-2-16-19(27)25-15-11-14(6-7-17(15)30-16)31(28,29)9-8-18(26)24-13-5-3-4-12(10-13)20(21,22)23/h3-7,10-11,16H,2,8-9H2,1H3,(H,24,26)(H,25,27)/t16-/m0/s1. The summed E-state index contributed by atoms with van der Waals surface area (Å²) in [6.45, 7) is 1.88. The van der Waals surface area contributed by atoms with Gasteiger partial charge in [-0.1, -0.05) is 13.0 Å². The van der Waals surface area contributed by atoms with E-state index >= 15 is 0 Å². The summed E-state index contributed by atoms with van der Waals surface area (Å²) >= 11 is 1.36. The average molecular weight is 473 g/mol. The molecule has 2 N–H and O–H groups in total. The molecule has 166 valence electrons. The maximum Gasteiger partial charge on any atom is 0.416 e. The van der Waals surface area contributed by atoms with Gasteiger partial charge in [0.15, 0.2) is 9.84 Å². The van der Waals surface area contributed by atoms with Crippen LogP contribution in [0.5, 0.6) is 0 Å². The molecule has 6 nitrogen and oxygen atoms in total. The zero-order valence-corrected chi connectivity index (χ0v) is 18.0. The number of carbonyl (C=O) groups is 2. The summed E-state index contributed by atoms with van der Waals surface area (Å²) < 4.78 is 63.5. The molecule has 0 aromatic heterocycles. The zero-order valence-electron chi connectivity index (χ0n) is 16.3. The maximum absolute atomic E-state index is 12.8. The van der Waals surface area contributed by atoms with E-state index in [9.17, 15) is 31.2 Å². The van der Waals surface area contributed by atoms with E-state index in [4.69, 9.17) is 0 Å². The number of amides is 2. The summed E-state index contributed by atoms with van der Waals surface area (Å²) in [4.78, 5) is 24.8. The molecule has 0 unspecified atom stereocenters. The SMILES string of the molecule is CC[C@@H]1Sc2ccc(S(=O)(=O)CCC(=O)Nc3cccc(C(F)(F)F)c3)cc2NC1=O. The van der Waals surface area contributed by atoms with E-state index in [-0.39, 0.29) is 21.7 Å². The largest absolute Gasteiger partial charge is 0.416 e. The van der Waals surface area contributed by atoms with Gasteiger partial charge in [0.05, 0.1) is 27.1 Å². The van der Waals surface area contributed by atoms with Gasteiger partial charge in [-0.2, -0.15) is 13.2 Å². The van der Waals surface area contributed by atoms with Crippen molar-refractivity contribution in [3.63, 3.8) is 0 Å². The highest BCUT2D eigenvalue weighted by molar-refractivity contribution is 8.01. The molecule has 0 radical (unpaired) electrons. The molecule has 31 heavy (non-hydrogen) atoms. The molecule has 2 aromatic carbocycles. The third-order valence-electron chi connectivity index (χ3n) is 4.57. The molecule has 3 rings (SSSR count). The minimum absolute atomic E-state index is 0.0473. The van der Waals surface area contributed by atoms with Gasteiger partial charge < -0.3 is 10.6 Å². The molecule has 1 aliphatic heterocycles. The number of rotatable bonds is 6. The minimum Gasteiger partial charge on any atom is -0.326 e. The van der Waals surface area contributed by atoms with Gasteiger partial charge in [-0.3, -0.25) is 9.59 Å². The second-order valence-electron chi connectivity index (χ2n) is 6.86. The minimum atomic E-state index is -4.55. The van der Waals surface area contributed by atoms with Crippen LogP contribution in [0, 0.1) is 0 Å². The first-order chi connectivity index (χ1) is 14.5. The molecule has 2 amide bonds. The lowest BCUT2D eigenvalue weighted by Gasteiger charge is -2.23. The lowest BCUT2D eigenvalue weighted by atomic mass is 10.2. The number of halogens is 3. The van der Waals surface area contributed by atoms with Crippen LogP contribution in [0.3, 0.4) is 0 Å². The summed E-state index contributed by atoms with van der Waals surface area (Å²) in [6, 6.07) is 8.46. The molecule has 0 saturated carbocycles. The van der Waals surface area contributed by atoms with E-state index in [2.05, 4.69) is 10.6 Å². The van der Waals surface area contributed by atoms with Gasteiger partial charge >= 0.3 is 6.18 Å². The predicted molar refractivity (Wildman–Crippen MR) is 112 cm³/mol. The predicted octanol–water partition coefficient (Wildman–Crippen LogP) is 4.33. The molecule has 0 aliphatic carbocycles. The molecule has 11 heteroatoms. The Morgan fingerprint density at radius 1 is 1.19 bits per heavy atom. The third-order valence-corrected chi connectivity index (χ3v) is 7.73. The summed E-state index contributed by atoms with van der Waals surface area (Å²) in [5, 5.41) is 4.73. The van der Waals surface area contributed by atoms with Crippen molar-refractivity contribution in [1.29, 1.82) is 0 Å². The van der Waals surface area contributed by atoms with Crippen molar-refractivity contribution in [2.75, 3.05) is 16.4 Å². The first-order valence-electron chi connectivity index (χ1n) is 9.31. The number of sulfone groups is 1. The van der Waals surface area contributed by atoms with E-state index < -0.39 is 39.7 Å². The Labute approximate surface area is 181 Å². The van der Waals surface area contributed by atoms with E-state index in [1.165, 1.54) is 30.0 Å². The number of fused-ring (bicyclic) bond motifs is 1. The topological polar surface area (TPSA) is 92.3 Å². The molecule has 1 atom stereocenters. The van der Waals surface area contributed by atoms with Crippen LogP contribution < -0.4 is 10.6 Å². The van der Waals surface area contributed by atoms with E-state index in [0.29, 0.717) is 12.1 Å². The van der Waals surface area contributed by atoms with E-state index in [1.807, 2.05) is 6.92 Å². The number of nitrogens with one attached hydrogen (secondary N) is 2. The van der Waals surface area contributed by atoms with E-state index in [0.717, 1.165) is 23.1 Å². The van der Waals surface area contributed by atoms with Gasteiger partial charge in [-0.25, -0.2) is 8.42 Å². The van der Waals surface area contributed by atoms with Crippen molar-refractivity contribution in [3.05, 3.63) is 48.0 Å². The quantitative estimate of drug-likeness (QED) is 0.653. The molecular formula is C20H19F3N2O4S2. The van der Waals surface area contributed by atoms with Crippen LogP contribution in [-0.4, -0.2) is 31.2 Å². The van der Waals surface area contributed by atoms with Crippen molar-refractivity contribution in [1.82, 2.24) is 0 Å². The highest BCUT2D eigenvalue weighted by Crippen LogP contribution is 2.38. The van der Waals surface area contributed by atoms with Crippen LogP contribution in [-0.2, 0) is 25.6 Å². The van der Waals surface area contributed by atoms with Gasteiger partial charge in [0, 0.05) is 17.0 Å². The fourth-order valence-corrected chi connectivity index (χ4v) is 5.22.